The number of nitrogens with zero attached hydrogens (tertiary/aromatic N) is 2. The van der Waals surface area contributed by atoms with Crippen molar-refractivity contribution in [1.29, 1.82) is 0 Å². The number of amides is 1. The van der Waals surface area contributed by atoms with Crippen molar-refractivity contribution >= 4 is 34.4 Å². The van der Waals surface area contributed by atoms with Crippen molar-refractivity contribution in [2.45, 2.75) is 25.0 Å². The Kier molecular flexibility index (Phi) is 7.22. The first-order valence-electron chi connectivity index (χ1n) is 10.6. The van der Waals surface area contributed by atoms with Crippen molar-refractivity contribution < 1.29 is 18.4 Å². The number of nitrogens with one attached hydrogen (secondary N) is 1. The molecule has 9 heteroatoms. The lowest BCUT2D eigenvalue weighted by molar-refractivity contribution is -0.118. The first-order chi connectivity index (χ1) is 16.4. The molecule has 34 heavy (non-hydrogen) atoms. The Balaban J connectivity index is 1.53. The number of rotatable bonds is 9. The van der Waals surface area contributed by atoms with Crippen molar-refractivity contribution in [2.24, 2.45) is 0 Å². The number of carbonyl (C=O) groups is 2. The molecule has 4 aromatic rings. The van der Waals surface area contributed by atoms with Crippen molar-refractivity contribution in [3.8, 4) is 0 Å². The molecule has 0 radical (unpaired) electrons. The number of ketones is 1. The summed E-state index contributed by atoms with van der Waals surface area (Å²) in [4.78, 5) is 41.5. The normalized spacial score (nSPS) is 11.0. The minimum atomic E-state index is -0.500. The third-order valence-corrected chi connectivity index (χ3v) is 6.17. The third kappa shape index (κ3) is 5.43. The number of Topliss-reactive ketones (excluding diaryl/α,β-unsaturated/α-hetero) is 1. The quantitative estimate of drug-likeness (QED) is 0.223. The molecule has 1 N–H and O–H groups in total. The van der Waals surface area contributed by atoms with E-state index in [0.29, 0.717) is 40.3 Å². The van der Waals surface area contributed by atoms with Crippen LogP contribution in [0.1, 0.15) is 28.6 Å². The van der Waals surface area contributed by atoms with E-state index in [2.05, 4.69) is 10.3 Å². The predicted octanol–water partition coefficient (Wildman–Crippen LogP) is 3.83. The van der Waals surface area contributed by atoms with Crippen LogP contribution in [-0.4, -0.2) is 33.5 Å². The van der Waals surface area contributed by atoms with Gasteiger partial charge in [-0.15, -0.1) is 0 Å². The van der Waals surface area contributed by atoms with Crippen LogP contribution in [0.2, 0.25) is 0 Å². The van der Waals surface area contributed by atoms with Gasteiger partial charge in [0.15, 0.2) is 10.9 Å². The largest absolute Gasteiger partial charge is 0.467 e. The number of fused-ring (bicyclic) bond motifs is 1. The van der Waals surface area contributed by atoms with Gasteiger partial charge in [-0.3, -0.25) is 19.0 Å². The van der Waals surface area contributed by atoms with Crippen LogP contribution in [0.25, 0.3) is 10.9 Å². The van der Waals surface area contributed by atoms with Gasteiger partial charge in [-0.1, -0.05) is 36.0 Å². The van der Waals surface area contributed by atoms with Gasteiger partial charge in [-0.2, -0.15) is 0 Å². The van der Waals surface area contributed by atoms with Gasteiger partial charge in [-0.05, 0) is 42.3 Å². The van der Waals surface area contributed by atoms with E-state index in [0.717, 1.165) is 11.8 Å². The molecule has 0 unspecified atom stereocenters. The highest BCUT2D eigenvalue weighted by atomic mass is 32.2. The van der Waals surface area contributed by atoms with E-state index in [1.807, 2.05) is 0 Å². The number of halogens is 1. The van der Waals surface area contributed by atoms with Crippen LogP contribution >= 0.6 is 11.8 Å². The standard InChI is InChI=1S/C25H22FN3O4S/c1-16(30)27-11-10-17-8-9-18(13-21(17)26)23(31)15-34-25-28-22-7-3-2-6-20(22)24(32)29(25)14-19-5-4-12-33-19/h2-9,12-13H,10-11,14-15H2,1H3,(H,27,30). The van der Waals surface area contributed by atoms with Crippen molar-refractivity contribution in [1.82, 2.24) is 14.9 Å². The summed E-state index contributed by atoms with van der Waals surface area (Å²) in [5, 5.41) is 3.47. The van der Waals surface area contributed by atoms with Crippen LogP contribution in [-0.2, 0) is 17.8 Å². The van der Waals surface area contributed by atoms with E-state index < -0.39 is 5.82 Å². The first kappa shape index (κ1) is 23.4. The van der Waals surface area contributed by atoms with Gasteiger partial charge in [0.25, 0.3) is 5.56 Å². The SMILES string of the molecule is CC(=O)NCCc1ccc(C(=O)CSc2nc3ccccc3c(=O)n2Cc2ccco2)cc1F. The van der Waals surface area contributed by atoms with Crippen LogP contribution < -0.4 is 10.9 Å². The number of hydrogen-bond donors (Lipinski definition) is 1. The second-order valence-corrected chi connectivity index (χ2v) is 8.58. The second kappa shape index (κ2) is 10.5. The Hall–Kier alpha value is -3.72. The molecule has 0 aliphatic rings. The summed E-state index contributed by atoms with van der Waals surface area (Å²) in [6, 6.07) is 14.8. The number of hydrogen-bond acceptors (Lipinski definition) is 6. The highest BCUT2D eigenvalue weighted by Gasteiger charge is 2.16. The van der Waals surface area contributed by atoms with Crippen molar-refractivity contribution in [3.63, 3.8) is 0 Å². The van der Waals surface area contributed by atoms with E-state index in [4.69, 9.17) is 4.42 Å². The summed E-state index contributed by atoms with van der Waals surface area (Å²) in [5.74, 6) is -0.404. The Labute approximate surface area is 199 Å². The number of aromatic nitrogens is 2. The summed E-state index contributed by atoms with van der Waals surface area (Å²) in [6.45, 7) is 1.89. The second-order valence-electron chi connectivity index (χ2n) is 7.63. The summed E-state index contributed by atoms with van der Waals surface area (Å²) >= 11 is 1.12. The molecule has 7 nitrogen and oxygen atoms in total. The molecule has 2 aromatic heterocycles. The lowest BCUT2D eigenvalue weighted by Crippen LogP contribution is -2.24. The van der Waals surface area contributed by atoms with E-state index >= 15 is 0 Å². The molecule has 174 valence electrons. The van der Waals surface area contributed by atoms with E-state index in [1.165, 1.54) is 23.8 Å². The molecular formula is C25H22FN3O4S. The molecule has 0 saturated carbocycles. The van der Waals surface area contributed by atoms with Crippen molar-refractivity contribution in [2.75, 3.05) is 12.3 Å². The Morgan fingerprint density at radius 2 is 1.97 bits per heavy atom. The van der Waals surface area contributed by atoms with Crippen molar-refractivity contribution in [3.05, 3.63) is 93.9 Å². The summed E-state index contributed by atoms with van der Waals surface area (Å²) in [6.07, 6.45) is 1.86. The van der Waals surface area contributed by atoms with Crippen LogP contribution in [0.3, 0.4) is 0 Å². The van der Waals surface area contributed by atoms with Gasteiger partial charge in [-0.25, -0.2) is 9.37 Å². The molecule has 0 bridgehead atoms. The van der Waals surface area contributed by atoms with Crippen LogP contribution in [0.15, 0.2) is 75.2 Å². The van der Waals surface area contributed by atoms with E-state index in [1.54, 1.807) is 48.5 Å². The fourth-order valence-electron chi connectivity index (χ4n) is 3.47. The zero-order valence-corrected chi connectivity index (χ0v) is 19.2. The first-order valence-corrected chi connectivity index (χ1v) is 11.6. The maximum atomic E-state index is 14.5. The van der Waals surface area contributed by atoms with Gasteiger partial charge in [0.2, 0.25) is 5.91 Å². The summed E-state index contributed by atoms with van der Waals surface area (Å²) < 4.78 is 21.3. The van der Waals surface area contributed by atoms with Crippen LogP contribution in [0, 0.1) is 5.82 Å². The minimum absolute atomic E-state index is 0.0202. The maximum absolute atomic E-state index is 14.5. The minimum Gasteiger partial charge on any atom is -0.467 e. The average Bonchev–Trinajstić information content (AvgIpc) is 3.33. The molecule has 0 fully saturated rings. The number of carbonyl (C=O) groups excluding carboxylic acids is 2. The topological polar surface area (TPSA) is 94.2 Å². The molecular weight excluding hydrogens is 457 g/mol. The smallest absolute Gasteiger partial charge is 0.262 e. The Morgan fingerprint density at radius 3 is 2.71 bits per heavy atom. The van der Waals surface area contributed by atoms with Crippen LogP contribution in [0.5, 0.6) is 0 Å². The lowest BCUT2D eigenvalue weighted by Gasteiger charge is -2.12. The Bertz CT molecular complexity index is 1400. The van der Waals surface area contributed by atoms with E-state index in [-0.39, 0.29) is 35.1 Å². The molecule has 0 saturated heterocycles. The monoisotopic (exact) mass is 479 g/mol. The number of thioether (sulfide) groups is 1. The molecule has 0 atom stereocenters. The summed E-state index contributed by atoms with van der Waals surface area (Å²) in [5.41, 5.74) is 0.953. The molecule has 1 amide bonds. The van der Waals surface area contributed by atoms with Gasteiger partial charge in [0.1, 0.15) is 11.6 Å². The van der Waals surface area contributed by atoms with Gasteiger partial charge in [0, 0.05) is 19.0 Å². The molecule has 0 aliphatic heterocycles. The lowest BCUT2D eigenvalue weighted by atomic mass is 10.1. The third-order valence-electron chi connectivity index (χ3n) is 5.20. The number of benzene rings is 2. The highest BCUT2D eigenvalue weighted by Crippen LogP contribution is 2.21. The average molecular weight is 480 g/mol. The van der Waals surface area contributed by atoms with Gasteiger partial charge >= 0.3 is 0 Å². The molecule has 2 heterocycles. The van der Waals surface area contributed by atoms with Gasteiger partial charge in [0.05, 0.1) is 29.5 Å². The molecule has 0 aliphatic carbocycles. The fraction of sp³-hybridized carbons (Fsp3) is 0.200. The zero-order valence-electron chi connectivity index (χ0n) is 18.4. The molecule has 0 spiro atoms. The molecule has 2 aromatic carbocycles. The zero-order chi connectivity index (χ0) is 24.1. The number of furan rings is 1. The maximum Gasteiger partial charge on any atom is 0.262 e. The number of para-hydroxylation sites is 1. The van der Waals surface area contributed by atoms with Gasteiger partial charge < -0.3 is 9.73 Å². The highest BCUT2D eigenvalue weighted by molar-refractivity contribution is 7.99. The Morgan fingerprint density at radius 1 is 1.15 bits per heavy atom. The van der Waals surface area contributed by atoms with E-state index in [9.17, 15) is 18.8 Å². The van der Waals surface area contributed by atoms with Crippen LogP contribution in [0.4, 0.5) is 4.39 Å². The fourth-order valence-corrected chi connectivity index (χ4v) is 4.36. The molecule has 4 rings (SSSR count). The predicted molar refractivity (Wildman–Crippen MR) is 128 cm³/mol. The summed E-state index contributed by atoms with van der Waals surface area (Å²) in [7, 11) is 0.